The molecule has 0 aliphatic heterocycles. The van der Waals surface area contributed by atoms with Gasteiger partial charge in [-0.3, -0.25) is 14.9 Å². The highest BCUT2D eigenvalue weighted by molar-refractivity contribution is 5.97. The summed E-state index contributed by atoms with van der Waals surface area (Å²) >= 11 is 0. The summed E-state index contributed by atoms with van der Waals surface area (Å²) in [5, 5.41) is 13.1. The highest BCUT2D eigenvalue weighted by Crippen LogP contribution is 2.22. The number of halogens is 1. The van der Waals surface area contributed by atoms with Crippen molar-refractivity contribution in [3.8, 4) is 5.75 Å². The van der Waals surface area contributed by atoms with Gasteiger partial charge >= 0.3 is 11.7 Å². The molecule has 0 unspecified atom stereocenters. The van der Waals surface area contributed by atoms with E-state index in [4.69, 9.17) is 9.47 Å². The average Bonchev–Trinajstić information content (AvgIpc) is 2.63. The number of rotatable bonds is 7. The molecular weight excluding hydrogens is 371 g/mol. The summed E-state index contributed by atoms with van der Waals surface area (Å²) in [6.07, 6.45) is -1.19. The maximum absolute atomic E-state index is 13.3. The number of carbonyl (C=O) groups is 2. The quantitative estimate of drug-likeness (QED) is 0.439. The fraction of sp³-hybridized carbons (Fsp3) is 0.263. The summed E-state index contributed by atoms with van der Waals surface area (Å²) in [4.78, 5) is 34.2. The summed E-state index contributed by atoms with van der Waals surface area (Å²) in [5.74, 6) is -1.86. The van der Waals surface area contributed by atoms with Crippen molar-refractivity contribution < 1.29 is 28.4 Å². The standard InChI is InChI=1S/C19H19FN2O6/c1-11(2)27-15-7-4-13(5-8-15)19(24)28-12(3)18(23)21-14-6-9-16(20)17(10-14)22(25)26/h4-12H,1-3H3,(H,21,23)/t12-/m1/s1. The van der Waals surface area contributed by atoms with E-state index in [0.29, 0.717) is 5.75 Å². The first-order chi connectivity index (χ1) is 13.2. The fourth-order valence-electron chi connectivity index (χ4n) is 2.20. The topological polar surface area (TPSA) is 108 Å². The van der Waals surface area contributed by atoms with E-state index in [1.165, 1.54) is 25.1 Å². The maximum Gasteiger partial charge on any atom is 0.338 e. The summed E-state index contributed by atoms with van der Waals surface area (Å²) < 4.78 is 23.9. The number of carbonyl (C=O) groups excluding carboxylic acids is 2. The first-order valence-electron chi connectivity index (χ1n) is 8.40. The largest absolute Gasteiger partial charge is 0.491 e. The van der Waals surface area contributed by atoms with Crippen molar-refractivity contribution in [2.24, 2.45) is 0 Å². The van der Waals surface area contributed by atoms with Crippen LogP contribution in [0.5, 0.6) is 5.75 Å². The number of nitro groups is 1. The van der Waals surface area contributed by atoms with Gasteiger partial charge in [0.15, 0.2) is 6.10 Å². The van der Waals surface area contributed by atoms with Crippen LogP contribution in [-0.2, 0) is 9.53 Å². The molecule has 0 spiro atoms. The number of nitrogens with one attached hydrogen (secondary N) is 1. The van der Waals surface area contributed by atoms with Crippen molar-refractivity contribution in [3.05, 3.63) is 64.0 Å². The molecule has 2 aromatic rings. The molecule has 8 nitrogen and oxygen atoms in total. The van der Waals surface area contributed by atoms with E-state index in [2.05, 4.69) is 5.32 Å². The normalized spacial score (nSPS) is 11.6. The molecule has 0 aliphatic carbocycles. The van der Waals surface area contributed by atoms with Crippen molar-refractivity contribution in [2.45, 2.75) is 33.0 Å². The van der Waals surface area contributed by atoms with Gasteiger partial charge in [-0.25, -0.2) is 4.79 Å². The minimum Gasteiger partial charge on any atom is -0.491 e. The Hall–Kier alpha value is -3.49. The molecular formula is C19H19FN2O6. The lowest BCUT2D eigenvalue weighted by Gasteiger charge is -2.14. The summed E-state index contributed by atoms with van der Waals surface area (Å²) in [6, 6.07) is 9.16. The van der Waals surface area contributed by atoms with E-state index in [0.717, 1.165) is 12.1 Å². The number of benzene rings is 2. The molecule has 28 heavy (non-hydrogen) atoms. The number of nitrogens with zero attached hydrogens (tertiary/aromatic N) is 1. The van der Waals surface area contributed by atoms with E-state index in [9.17, 15) is 24.1 Å². The monoisotopic (exact) mass is 390 g/mol. The predicted octanol–water partition coefficient (Wildman–Crippen LogP) is 3.71. The molecule has 1 amide bonds. The SMILES string of the molecule is CC(C)Oc1ccc(C(=O)O[C@H](C)C(=O)Nc2ccc(F)c([N+](=O)[O-])c2)cc1. The smallest absolute Gasteiger partial charge is 0.338 e. The zero-order valence-electron chi connectivity index (χ0n) is 15.5. The third kappa shape index (κ3) is 5.50. The second kappa shape index (κ2) is 8.94. The van der Waals surface area contributed by atoms with E-state index in [1.54, 1.807) is 12.1 Å². The van der Waals surface area contributed by atoms with Crippen molar-refractivity contribution in [1.29, 1.82) is 0 Å². The van der Waals surface area contributed by atoms with E-state index in [-0.39, 0.29) is 17.4 Å². The van der Waals surface area contributed by atoms with Gasteiger partial charge in [-0.2, -0.15) is 4.39 Å². The van der Waals surface area contributed by atoms with Crippen LogP contribution >= 0.6 is 0 Å². The Morgan fingerprint density at radius 3 is 2.32 bits per heavy atom. The molecule has 2 aromatic carbocycles. The number of ether oxygens (including phenoxy) is 2. The van der Waals surface area contributed by atoms with Gasteiger partial charge in [-0.1, -0.05) is 0 Å². The molecule has 0 fully saturated rings. The van der Waals surface area contributed by atoms with Gasteiger partial charge in [0.05, 0.1) is 16.6 Å². The van der Waals surface area contributed by atoms with Crippen molar-refractivity contribution in [1.82, 2.24) is 0 Å². The highest BCUT2D eigenvalue weighted by atomic mass is 19.1. The van der Waals surface area contributed by atoms with E-state index >= 15 is 0 Å². The lowest BCUT2D eigenvalue weighted by Crippen LogP contribution is -2.30. The molecule has 0 heterocycles. The highest BCUT2D eigenvalue weighted by Gasteiger charge is 2.21. The van der Waals surface area contributed by atoms with Crippen molar-refractivity contribution in [2.75, 3.05) is 5.32 Å². The average molecular weight is 390 g/mol. The number of hydrogen-bond donors (Lipinski definition) is 1. The maximum atomic E-state index is 13.3. The van der Waals surface area contributed by atoms with Gasteiger partial charge < -0.3 is 14.8 Å². The van der Waals surface area contributed by atoms with Gasteiger partial charge in [0.1, 0.15) is 5.75 Å². The molecule has 9 heteroatoms. The summed E-state index contributed by atoms with van der Waals surface area (Å²) in [5.41, 5.74) is -0.532. The third-order valence-corrected chi connectivity index (χ3v) is 3.53. The van der Waals surface area contributed by atoms with Crippen molar-refractivity contribution >= 4 is 23.3 Å². The number of amides is 1. The minimum absolute atomic E-state index is 0.0104. The zero-order chi connectivity index (χ0) is 20.8. The van der Waals surface area contributed by atoms with Crippen LogP contribution in [0.4, 0.5) is 15.8 Å². The minimum atomic E-state index is -1.18. The second-order valence-electron chi connectivity index (χ2n) is 6.15. The first kappa shape index (κ1) is 20.8. The van der Waals surface area contributed by atoms with E-state index < -0.39 is 34.4 Å². The van der Waals surface area contributed by atoms with Crippen LogP contribution in [0.2, 0.25) is 0 Å². The third-order valence-electron chi connectivity index (χ3n) is 3.53. The molecule has 0 saturated carbocycles. The van der Waals surface area contributed by atoms with Gasteiger partial charge in [0.25, 0.3) is 5.91 Å². The zero-order valence-corrected chi connectivity index (χ0v) is 15.5. The summed E-state index contributed by atoms with van der Waals surface area (Å²) in [7, 11) is 0. The Morgan fingerprint density at radius 2 is 1.75 bits per heavy atom. The molecule has 0 aliphatic rings. The molecule has 0 bridgehead atoms. The van der Waals surface area contributed by atoms with Crippen LogP contribution in [-0.4, -0.2) is 29.0 Å². The molecule has 0 aromatic heterocycles. The molecule has 1 atom stereocenters. The van der Waals surface area contributed by atoms with Crippen LogP contribution in [0.1, 0.15) is 31.1 Å². The molecule has 2 rings (SSSR count). The Labute approximate surface area is 160 Å². The van der Waals surface area contributed by atoms with Crippen LogP contribution < -0.4 is 10.1 Å². The molecule has 0 radical (unpaired) electrons. The first-order valence-corrected chi connectivity index (χ1v) is 8.40. The van der Waals surface area contributed by atoms with Crippen LogP contribution in [0.25, 0.3) is 0 Å². The second-order valence-corrected chi connectivity index (χ2v) is 6.15. The number of nitro benzene ring substituents is 1. The van der Waals surface area contributed by atoms with Crippen LogP contribution in [0, 0.1) is 15.9 Å². The molecule has 1 N–H and O–H groups in total. The van der Waals surface area contributed by atoms with Gasteiger partial charge in [-0.15, -0.1) is 0 Å². The van der Waals surface area contributed by atoms with Gasteiger partial charge in [-0.05, 0) is 57.2 Å². The number of hydrogen-bond acceptors (Lipinski definition) is 6. The van der Waals surface area contributed by atoms with Crippen LogP contribution in [0.3, 0.4) is 0 Å². The Bertz CT molecular complexity index is 882. The van der Waals surface area contributed by atoms with Crippen molar-refractivity contribution in [3.63, 3.8) is 0 Å². The fourth-order valence-corrected chi connectivity index (χ4v) is 2.20. The Morgan fingerprint density at radius 1 is 1.11 bits per heavy atom. The van der Waals surface area contributed by atoms with E-state index in [1.807, 2.05) is 13.8 Å². The number of anilines is 1. The molecule has 0 saturated heterocycles. The predicted molar refractivity (Wildman–Crippen MR) is 98.8 cm³/mol. The van der Waals surface area contributed by atoms with Crippen LogP contribution in [0.15, 0.2) is 42.5 Å². The molecule has 148 valence electrons. The number of esters is 1. The summed E-state index contributed by atoms with van der Waals surface area (Å²) in [6.45, 7) is 5.10. The van der Waals surface area contributed by atoms with Gasteiger partial charge in [0, 0.05) is 11.8 Å². The lowest BCUT2D eigenvalue weighted by molar-refractivity contribution is -0.387. The lowest BCUT2D eigenvalue weighted by atomic mass is 10.2. The Balaban J connectivity index is 1.99. The Kier molecular flexibility index (Phi) is 6.64. The van der Waals surface area contributed by atoms with Gasteiger partial charge in [0.2, 0.25) is 5.82 Å².